The molecule has 0 aliphatic rings. The molecule has 0 unspecified atom stereocenters. The van der Waals surface area contributed by atoms with Gasteiger partial charge in [0.05, 0.1) is 0 Å². The number of allylic oxidation sites excluding steroid dienone is 1. The summed E-state index contributed by atoms with van der Waals surface area (Å²) >= 11 is 11.6. The summed E-state index contributed by atoms with van der Waals surface area (Å²) < 4.78 is 0. The molecule has 0 atom stereocenters. The molecule has 0 aromatic heterocycles. The lowest BCUT2D eigenvalue weighted by atomic mass is 10.1. The van der Waals surface area contributed by atoms with Crippen molar-refractivity contribution >= 4 is 23.2 Å². The monoisotopic (exact) mass is 200 g/mol. The van der Waals surface area contributed by atoms with Gasteiger partial charge in [-0.15, -0.1) is 11.6 Å². The zero-order chi connectivity index (χ0) is 8.97. The molecular formula is C10H10Cl2. The van der Waals surface area contributed by atoms with E-state index in [9.17, 15) is 0 Å². The van der Waals surface area contributed by atoms with Gasteiger partial charge in [-0.2, -0.15) is 0 Å². The molecule has 0 saturated heterocycles. The summed E-state index contributed by atoms with van der Waals surface area (Å²) in [4.78, 5) is 0. The smallest absolute Gasteiger partial charge is 0.0441 e. The average molecular weight is 201 g/mol. The van der Waals surface area contributed by atoms with E-state index < -0.39 is 0 Å². The van der Waals surface area contributed by atoms with Gasteiger partial charge < -0.3 is 0 Å². The van der Waals surface area contributed by atoms with Crippen LogP contribution in [0.4, 0.5) is 0 Å². The van der Waals surface area contributed by atoms with Crippen molar-refractivity contribution < 1.29 is 0 Å². The van der Waals surface area contributed by atoms with Crippen molar-refractivity contribution in [3.63, 3.8) is 0 Å². The van der Waals surface area contributed by atoms with E-state index in [0.717, 1.165) is 22.6 Å². The summed E-state index contributed by atoms with van der Waals surface area (Å²) in [5.41, 5.74) is 2.08. The Labute approximate surface area is 82.8 Å². The maximum Gasteiger partial charge on any atom is 0.0441 e. The second-order valence-electron chi connectivity index (χ2n) is 2.65. The van der Waals surface area contributed by atoms with Crippen LogP contribution in [0.2, 0.25) is 5.02 Å². The van der Waals surface area contributed by atoms with Gasteiger partial charge in [0, 0.05) is 10.9 Å². The summed E-state index contributed by atoms with van der Waals surface area (Å²) in [5.74, 6) is 0.491. The van der Waals surface area contributed by atoms with Crippen molar-refractivity contribution in [1.29, 1.82) is 0 Å². The summed E-state index contributed by atoms with van der Waals surface area (Å²) in [6, 6.07) is 7.73. The van der Waals surface area contributed by atoms with E-state index >= 15 is 0 Å². The van der Waals surface area contributed by atoms with Crippen molar-refractivity contribution in [2.45, 2.75) is 6.42 Å². The van der Waals surface area contributed by atoms with Crippen LogP contribution in [0.5, 0.6) is 0 Å². The molecular weight excluding hydrogens is 191 g/mol. The quantitative estimate of drug-likeness (QED) is 0.516. The summed E-state index contributed by atoms with van der Waals surface area (Å²) in [6.45, 7) is 3.82. The normalized spacial score (nSPS) is 9.83. The maximum atomic E-state index is 5.94. The van der Waals surface area contributed by atoms with Crippen LogP contribution >= 0.6 is 23.2 Å². The van der Waals surface area contributed by atoms with Crippen molar-refractivity contribution in [1.82, 2.24) is 0 Å². The molecule has 0 amide bonds. The number of halogens is 2. The van der Waals surface area contributed by atoms with Crippen molar-refractivity contribution in [3.8, 4) is 0 Å². The molecule has 64 valence electrons. The highest BCUT2D eigenvalue weighted by molar-refractivity contribution is 6.31. The van der Waals surface area contributed by atoms with Crippen LogP contribution in [0.15, 0.2) is 36.4 Å². The van der Waals surface area contributed by atoms with E-state index in [1.54, 1.807) is 0 Å². The zero-order valence-corrected chi connectivity index (χ0v) is 8.20. The van der Waals surface area contributed by atoms with Crippen molar-refractivity contribution in [2.75, 3.05) is 5.88 Å². The van der Waals surface area contributed by atoms with Gasteiger partial charge in [0.1, 0.15) is 0 Å². The number of rotatable bonds is 3. The summed E-state index contributed by atoms with van der Waals surface area (Å²) in [7, 11) is 0. The Balaban J connectivity index is 2.75. The zero-order valence-electron chi connectivity index (χ0n) is 6.69. The lowest BCUT2D eigenvalue weighted by Gasteiger charge is -2.03. The molecule has 0 bridgehead atoms. The second kappa shape index (κ2) is 4.54. The molecule has 0 heterocycles. The van der Waals surface area contributed by atoms with Gasteiger partial charge in [-0.3, -0.25) is 0 Å². The molecule has 2 heteroatoms. The first-order valence-electron chi connectivity index (χ1n) is 3.70. The number of alkyl halides is 1. The minimum absolute atomic E-state index is 0.491. The highest BCUT2D eigenvalue weighted by atomic mass is 35.5. The molecule has 0 radical (unpaired) electrons. The van der Waals surface area contributed by atoms with E-state index in [1.165, 1.54) is 0 Å². The Morgan fingerprint density at radius 2 is 2.00 bits per heavy atom. The minimum atomic E-state index is 0.491. The lowest BCUT2D eigenvalue weighted by molar-refractivity contribution is 1.16. The Kier molecular flexibility index (Phi) is 3.64. The van der Waals surface area contributed by atoms with E-state index in [-0.39, 0.29) is 0 Å². The third-order valence-corrected chi connectivity index (χ3v) is 2.33. The fourth-order valence-corrected chi connectivity index (χ4v) is 1.26. The van der Waals surface area contributed by atoms with Crippen LogP contribution in [0.25, 0.3) is 0 Å². The molecule has 0 spiro atoms. The lowest BCUT2D eigenvalue weighted by Crippen LogP contribution is -1.90. The topological polar surface area (TPSA) is 0 Å². The van der Waals surface area contributed by atoms with E-state index in [1.807, 2.05) is 24.3 Å². The summed E-state index contributed by atoms with van der Waals surface area (Å²) in [5, 5.41) is 0.781. The second-order valence-corrected chi connectivity index (χ2v) is 3.33. The molecule has 0 N–H and O–H groups in total. The molecule has 1 aromatic carbocycles. The van der Waals surface area contributed by atoms with Crippen LogP contribution < -0.4 is 0 Å². The first kappa shape index (κ1) is 9.63. The van der Waals surface area contributed by atoms with Crippen molar-refractivity contribution in [2.24, 2.45) is 0 Å². The standard InChI is InChI=1S/C10H10Cl2/c1-8(7-11)6-9-4-2-3-5-10(9)12/h2-5H,1,6-7H2. The number of hydrogen-bond acceptors (Lipinski definition) is 0. The largest absolute Gasteiger partial charge is 0.122 e. The Hall–Kier alpha value is -0.460. The summed E-state index contributed by atoms with van der Waals surface area (Å²) in [6.07, 6.45) is 0.767. The van der Waals surface area contributed by atoms with Gasteiger partial charge in [-0.1, -0.05) is 42.0 Å². The van der Waals surface area contributed by atoms with Crippen LogP contribution in [-0.4, -0.2) is 5.88 Å². The third-order valence-electron chi connectivity index (χ3n) is 1.59. The Morgan fingerprint density at radius 3 is 2.58 bits per heavy atom. The van der Waals surface area contributed by atoms with Crippen molar-refractivity contribution in [3.05, 3.63) is 47.0 Å². The molecule has 0 fully saturated rings. The van der Waals surface area contributed by atoms with E-state index in [4.69, 9.17) is 23.2 Å². The van der Waals surface area contributed by atoms with Crippen LogP contribution in [0.3, 0.4) is 0 Å². The highest BCUT2D eigenvalue weighted by Crippen LogP contribution is 2.18. The van der Waals surface area contributed by atoms with Gasteiger partial charge in [-0.05, 0) is 18.1 Å². The van der Waals surface area contributed by atoms with E-state index in [0.29, 0.717) is 5.88 Å². The minimum Gasteiger partial charge on any atom is -0.122 e. The molecule has 1 rings (SSSR count). The molecule has 1 aromatic rings. The van der Waals surface area contributed by atoms with Crippen LogP contribution in [0, 0.1) is 0 Å². The fourth-order valence-electron chi connectivity index (χ4n) is 0.958. The van der Waals surface area contributed by atoms with Gasteiger partial charge >= 0.3 is 0 Å². The van der Waals surface area contributed by atoms with Gasteiger partial charge in [-0.25, -0.2) is 0 Å². The maximum absolute atomic E-state index is 5.94. The average Bonchev–Trinajstić information content (AvgIpc) is 2.09. The molecule has 0 saturated carbocycles. The van der Waals surface area contributed by atoms with Gasteiger partial charge in [0.25, 0.3) is 0 Å². The molecule has 12 heavy (non-hydrogen) atoms. The Morgan fingerprint density at radius 1 is 1.33 bits per heavy atom. The molecule has 0 aliphatic heterocycles. The highest BCUT2D eigenvalue weighted by Gasteiger charge is 1.99. The number of hydrogen-bond donors (Lipinski definition) is 0. The predicted octanol–water partition coefficient (Wildman–Crippen LogP) is 3.68. The van der Waals surface area contributed by atoms with Crippen LogP contribution in [0.1, 0.15) is 5.56 Å². The first-order valence-corrected chi connectivity index (χ1v) is 4.61. The fraction of sp³-hybridized carbons (Fsp3) is 0.200. The van der Waals surface area contributed by atoms with Crippen LogP contribution in [-0.2, 0) is 6.42 Å². The predicted molar refractivity (Wildman–Crippen MR) is 55.0 cm³/mol. The third kappa shape index (κ3) is 2.54. The molecule has 0 aliphatic carbocycles. The SMILES string of the molecule is C=C(CCl)Cc1ccccc1Cl. The Bertz CT molecular complexity index is 279. The first-order chi connectivity index (χ1) is 5.74. The van der Waals surface area contributed by atoms with Gasteiger partial charge in [0.2, 0.25) is 0 Å². The number of benzene rings is 1. The van der Waals surface area contributed by atoms with E-state index in [2.05, 4.69) is 6.58 Å². The molecule has 0 nitrogen and oxygen atoms in total. The van der Waals surface area contributed by atoms with Gasteiger partial charge in [0.15, 0.2) is 0 Å².